The van der Waals surface area contributed by atoms with Gasteiger partial charge >= 0.3 is 0 Å². The molecule has 1 aliphatic carbocycles. The Morgan fingerprint density at radius 3 is 2.57 bits per heavy atom. The number of hydrogen-bond donors (Lipinski definition) is 0. The first-order valence-corrected chi connectivity index (χ1v) is 6.15. The van der Waals surface area contributed by atoms with Crippen LogP contribution >= 0.6 is 11.6 Å². The zero-order valence-corrected chi connectivity index (χ0v) is 10.1. The van der Waals surface area contributed by atoms with Gasteiger partial charge in [0.05, 0.1) is 6.61 Å². The maximum Gasteiger partial charge on any atom is 0.0593 e. The summed E-state index contributed by atoms with van der Waals surface area (Å²) in [6.45, 7) is 8.14. The van der Waals surface area contributed by atoms with Crippen molar-refractivity contribution in [3.63, 3.8) is 0 Å². The molecule has 1 rings (SSSR count). The highest BCUT2D eigenvalue weighted by molar-refractivity contribution is 6.18. The van der Waals surface area contributed by atoms with Gasteiger partial charge in [-0.15, -0.1) is 11.6 Å². The highest BCUT2D eigenvalue weighted by Gasteiger charge is 2.27. The normalized spacial score (nSPS) is 16.9. The second-order valence-electron chi connectivity index (χ2n) is 4.42. The second-order valence-corrected chi connectivity index (χ2v) is 4.80. The van der Waals surface area contributed by atoms with E-state index in [1.54, 1.807) is 0 Å². The van der Waals surface area contributed by atoms with Crippen molar-refractivity contribution in [2.75, 3.05) is 32.2 Å². The van der Waals surface area contributed by atoms with Crippen LogP contribution in [0.15, 0.2) is 0 Å². The van der Waals surface area contributed by atoms with Crippen molar-refractivity contribution < 1.29 is 4.74 Å². The first-order valence-electron chi connectivity index (χ1n) is 5.61. The van der Waals surface area contributed by atoms with Crippen LogP contribution in [-0.2, 0) is 4.74 Å². The van der Waals surface area contributed by atoms with Crippen LogP contribution < -0.4 is 0 Å². The number of nitrogens with zero attached hydrogens (tertiary/aromatic N) is 1. The highest BCUT2D eigenvalue weighted by atomic mass is 35.5. The Morgan fingerprint density at radius 1 is 1.36 bits per heavy atom. The molecule has 0 spiro atoms. The Morgan fingerprint density at radius 2 is 2.07 bits per heavy atom. The van der Waals surface area contributed by atoms with Gasteiger partial charge in [0.2, 0.25) is 0 Å². The third kappa shape index (κ3) is 5.18. The fourth-order valence-corrected chi connectivity index (χ4v) is 1.74. The Bertz CT molecular complexity index is 148. The molecule has 0 amide bonds. The third-order valence-electron chi connectivity index (χ3n) is 2.41. The first-order chi connectivity index (χ1) is 6.74. The lowest BCUT2D eigenvalue weighted by molar-refractivity contribution is 0.0849. The minimum Gasteiger partial charge on any atom is -0.380 e. The molecule has 0 bridgehead atoms. The summed E-state index contributed by atoms with van der Waals surface area (Å²) in [5.41, 5.74) is 0. The van der Waals surface area contributed by atoms with Crippen LogP contribution in [0, 0.1) is 5.92 Å². The van der Waals surface area contributed by atoms with Crippen molar-refractivity contribution in [2.24, 2.45) is 5.92 Å². The van der Waals surface area contributed by atoms with E-state index >= 15 is 0 Å². The second kappa shape index (κ2) is 6.65. The van der Waals surface area contributed by atoms with Crippen LogP contribution in [0.25, 0.3) is 0 Å². The van der Waals surface area contributed by atoms with Gasteiger partial charge in [-0.25, -0.2) is 0 Å². The number of alkyl halides is 1. The predicted molar refractivity (Wildman–Crippen MR) is 61.0 cm³/mol. The van der Waals surface area contributed by atoms with Crippen LogP contribution in [0.5, 0.6) is 0 Å². The van der Waals surface area contributed by atoms with Gasteiger partial charge in [-0.2, -0.15) is 0 Å². The number of ether oxygens (including phenoxy) is 1. The van der Waals surface area contributed by atoms with Gasteiger partial charge in [0.25, 0.3) is 0 Å². The lowest BCUT2D eigenvalue weighted by Crippen LogP contribution is -2.31. The quantitative estimate of drug-likeness (QED) is 0.459. The zero-order valence-electron chi connectivity index (χ0n) is 9.34. The number of halogens is 1. The molecule has 2 nitrogen and oxygen atoms in total. The maximum atomic E-state index is 5.75. The summed E-state index contributed by atoms with van der Waals surface area (Å²) in [5, 5.41) is 0. The van der Waals surface area contributed by atoms with Gasteiger partial charge in [0, 0.05) is 31.6 Å². The standard InChI is InChI=1S/C11H22ClNO/c1-10(2)9-14-8-7-13(6-5-12)11-3-4-11/h10-11H,3-9H2,1-2H3. The minimum absolute atomic E-state index is 0.636. The smallest absolute Gasteiger partial charge is 0.0593 e. The molecule has 0 heterocycles. The Labute approximate surface area is 92.6 Å². The average Bonchev–Trinajstić information content (AvgIpc) is 2.93. The van der Waals surface area contributed by atoms with Crippen molar-refractivity contribution >= 4 is 11.6 Å². The van der Waals surface area contributed by atoms with Gasteiger partial charge in [-0.1, -0.05) is 13.8 Å². The minimum atomic E-state index is 0.636. The molecule has 0 aliphatic heterocycles. The molecule has 0 atom stereocenters. The van der Waals surface area contributed by atoms with Crippen molar-refractivity contribution in [3.05, 3.63) is 0 Å². The fourth-order valence-electron chi connectivity index (χ4n) is 1.53. The van der Waals surface area contributed by atoms with Crippen LogP contribution in [-0.4, -0.2) is 43.1 Å². The molecule has 1 saturated carbocycles. The number of hydrogen-bond acceptors (Lipinski definition) is 2. The van der Waals surface area contributed by atoms with Gasteiger partial charge in [-0.3, -0.25) is 4.90 Å². The largest absolute Gasteiger partial charge is 0.380 e. The summed E-state index contributed by atoms with van der Waals surface area (Å²) in [6.07, 6.45) is 2.70. The van der Waals surface area contributed by atoms with Crippen molar-refractivity contribution in [3.8, 4) is 0 Å². The zero-order chi connectivity index (χ0) is 10.4. The summed E-state index contributed by atoms with van der Waals surface area (Å²) in [4.78, 5) is 2.45. The topological polar surface area (TPSA) is 12.5 Å². The average molecular weight is 220 g/mol. The van der Waals surface area contributed by atoms with Gasteiger partial charge < -0.3 is 4.74 Å². The molecule has 3 heteroatoms. The Kier molecular flexibility index (Phi) is 5.83. The van der Waals surface area contributed by atoms with E-state index in [9.17, 15) is 0 Å². The third-order valence-corrected chi connectivity index (χ3v) is 2.58. The molecule has 0 saturated heterocycles. The monoisotopic (exact) mass is 219 g/mol. The summed E-state index contributed by atoms with van der Waals surface area (Å²) in [6, 6.07) is 0.802. The molecule has 1 aliphatic rings. The van der Waals surface area contributed by atoms with Crippen LogP contribution in [0.2, 0.25) is 0 Å². The highest BCUT2D eigenvalue weighted by Crippen LogP contribution is 2.26. The van der Waals surface area contributed by atoms with Crippen molar-refractivity contribution in [1.29, 1.82) is 0 Å². The summed E-state index contributed by atoms with van der Waals surface area (Å²) in [7, 11) is 0. The van der Waals surface area contributed by atoms with E-state index in [4.69, 9.17) is 16.3 Å². The van der Waals surface area contributed by atoms with Crippen molar-refractivity contribution in [2.45, 2.75) is 32.7 Å². The van der Waals surface area contributed by atoms with E-state index in [0.29, 0.717) is 5.92 Å². The van der Waals surface area contributed by atoms with E-state index in [0.717, 1.165) is 38.2 Å². The Balaban J connectivity index is 2.01. The first kappa shape index (κ1) is 12.3. The van der Waals surface area contributed by atoms with Crippen LogP contribution in [0.3, 0.4) is 0 Å². The molecule has 0 radical (unpaired) electrons. The lowest BCUT2D eigenvalue weighted by atomic mass is 10.2. The summed E-state index contributed by atoms with van der Waals surface area (Å²) in [5.74, 6) is 1.37. The fraction of sp³-hybridized carbons (Fsp3) is 1.00. The van der Waals surface area contributed by atoms with Crippen molar-refractivity contribution in [1.82, 2.24) is 4.90 Å². The van der Waals surface area contributed by atoms with Gasteiger partial charge in [-0.05, 0) is 18.8 Å². The molecule has 14 heavy (non-hydrogen) atoms. The molecule has 0 aromatic rings. The Hall–Kier alpha value is 0.210. The maximum absolute atomic E-state index is 5.75. The molecule has 1 fully saturated rings. The molecule has 84 valence electrons. The predicted octanol–water partition coefficient (Wildman–Crippen LogP) is 2.36. The molecule has 0 aromatic heterocycles. The van der Waals surface area contributed by atoms with E-state index < -0.39 is 0 Å². The van der Waals surface area contributed by atoms with Gasteiger partial charge in [0.15, 0.2) is 0 Å². The van der Waals surface area contributed by atoms with Gasteiger partial charge in [0.1, 0.15) is 0 Å². The molecular formula is C11H22ClNO. The van der Waals surface area contributed by atoms with E-state index in [1.807, 2.05) is 0 Å². The van der Waals surface area contributed by atoms with Crippen LogP contribution in [0.1, 0.15) is 26.7 Å². The molecule has 0 aromatic carbocycles. The molecular weight excluding hydrogens is 198 g/mol. The van der Waals surface area contributed by atoms with E-state index in [-0.39, 0.29) is 0 Å². The number of rotatable bonds is 8. The van der Waals surface area contributed by atoms with Crippen LogP contribution in [0.4, 0.5) is 0 Å². The lowest BCUT2D eigenvalue weighted by Gasteiger charge is -2.20. The molecule has 0 unspecified atom stereocenters. The van der Waals surface area contributed by atoms with E-state index in [1.165, 1.54) is 12.8 Å². The molecule has 0 N–H and O–H groups in total. The van der Waals surface area contributed by atoms with E-state index in [2.05, 4.69) is 18.7 Å². The SMILES string of the molecule is CC(C)COCCN(CCCl)C1CC1. The summed E-state index contributed by atoms with van der Waals surface area (Å²) < 4.78 is 5.57. The summed E-state index contributed by atoms with van der Waals surface area (Å²) >= 11 is 5.75.